The molecule has 3 heterocycles. The summed E-state index contributed by atoms with van der Waals surface area (Å²) in [6.45, 7) is 0.970. The molecule has 2 aromatic heterocycles. The summed E-state index contributed by atoms with van der Waals surface area (Å²) in [5, 5.41) is 11.0. The van der Waals surface area contributed by atoms with Crippen LogP contribution in [-0.2, 0) is 4.79 Å². The largest absolute Gasteiger partial charge is 0.481 e. The van der Waals surface area contributed by atoms with Crippen LogP contribution in [-0.4, -0.2) is 40.0 Å². The van der Waals surface area contributed by atoms with Crippen molar-refractivity contribution in [3.8, 4) is 10.8 Å². The van der Waals surface area contributed by atoms with Gasteiger partial charge in [0.15, 0.2) is 10.8 Å². The third kappa shape index (κ3) is 2.44. The Balaban J connectivity index is 1.63. The van der Waals surface area contributed by atoms with Crippen LogP contribution in [0.25, 0.3) is 10.8 Å². The van der Waals surface area contributed by atoms with E-state index in [1.54, 1.807) is 28.7 Å². The van der Waals surface area contributed by atoms with Gasteiger partial charge in [0, 0.05) is 24.4 Å². The molecule has 7 heteroatoms. The van der Waals surface area contributed by atoms with E-state index < -0.39 is 5.97 Å². The molecule has 3 rings (SSSR count). The van der Waals surface area contributed by atoms with E-state index in [1.165, 1.54) is 11.3 Å². The van der Waals surface area contributed by atoms with Crippen LogP contribution in [0.2, 0.25) is 0 Å². The highest BCUT2D eigenvalue weighted by Crippen LogP contribution is 2.26. The monoisotopic (exact) mass is 292 g/mol. The molecular weight excluding hydrogens is 280 g/mol. The lowest BCUT2D eigenvalue weighted by Crippen LogP contribution is -2.50. The summed E-state index contributed by atoms with van der Waals surface area (Å²) in [4.78, 5) is 28.6. The predicted octanol–water partition coefficient (Wildman–Crippen LogP) is 1.95. The van der Waals surface area contributed by atoms with E-state index in [-0.39, 0.29) is 18.2 Å². The van der Waals surface area contributed by atoms with E-state index in [0.29, 0.717) is 29.6 Å². The fraction of sp³-hybridized carbons (Fsp3) is 0.308. The lowest BCUT2D eigenvalue weighted by Gasteiger charge is -2.38. The van der Waals surface area contributed by atoms with Crippen molar-refractivity contribution in [2.45, 2.75) is 6.42 Å². The van der Waals surface area contributed by atoms with Crippen LogP contribution >= 0.6 is 11.3 Å². The topological polar surface area (TPSA) is 83.6 Å². The van der Waals surface area contributed by atoms with Crippen LogP contribution in [0.3, 0.4) is 0 Å². The van der Waals surface area contributed by atoms with Gasteiger partial charge in [0.05, 0.1) is 12.7 Å². The van der Waals surface area contributed by atoms with Crippen molar-refractivity contribution < 1.29 is 19.1 Å². The lowest BCUT2D eigenvalue weighted by molar-refractivity contribution is -0.139. The van der Waals surface area contributed by atoms with Crippen molar-refractivity contribution in [1.29, 1.82) is 0 Å². The Labute approximate surface area is 118 Å². The number of likely N-dealkylation sites (tertiary alicyclic amines) is 1. The number of carbonyl (C=O) groups excluding carboxylic acids is 1. The van der Waals surface area contributed by atoms with Gasteiger partial charge < -0.3 is 14.4 Å². The molecule has 0 bridgehead atoms. The van der Waals surface area contributed by atoms with Crippen molar-refractivity contribution in [3.63, 3.8) is 0 Å². The molecule has 0 radical (unpaired) electrons. The third-order valence-corrected chi connectivity index (χ3v) is 4.02. The molecular formula is C13H12N2O4S. The van der Waals surface area contributed by atoms with Crippen LogP contribution in [0, 0.1) is 5.92 Å². The summed E-state index contributed by atoms with van der Waals surface area (Å²) in [7, 11) is 0. The molecule has 6 nitrogen and oxygen atoms in total. The van der Waals surface area contributed by atoms with Gasteiger partial charge in [-0.1, -0.05) is 0 Å². The number of thiazole rings is 1. The Kier molecular flexibility index (Phi) is 3.27. The molecule has 1 N–H and O–H groups in total. The molecule has 1 aliphatic rings. The van der Waals surface area contributed by atoms with Crippen LogP contribution in [0.4, 0.5) is 0 Å². The molecule has 0 aliphatic carbocycles. The van der Waals surface area contributed by atoms with Crippen LogP contribution < -0.4 is 0 Å². The maximum Gasteiger partial charge on any atom is 0.303 e. The Morgan fingerprint density at radius 2 is 2.30 bits per heavy atom. The van der Waals surface area contributed by atoms with E-state index in [1.807, 2.05) is 0 Å². The first-order valence-corrected chi connectivity index (χ1v) is 7.02. The highest BCUT2D eigenvalue weighted by molar-refractivity contribution is 7.13. The zero-order valence-corrected chi connectivity index (χ0v) is 11.3. The zero-order valence-electron chi connectivity index (χ0n) is 10.5. The maximum absolute atomic E-state index is 12.1. The number of carbonyl (C=O) groups is 2. The molecule has 0 saturated carbocycles. The standard InChI is InChI=1S/C13H12N2O4S/c16-11(17)4-8-5-15(6-8)13(18)9-7-20-12(14-9)10-2-1-3-19-10/h1-3,7-8H,4-6H2,(H,16,17). The average Bonchev–Trinajstić information content (AvgIpc) is 3.01. The van der Waals surface area contributed by atoms with Crippen molar-refractivity contribution in [2.24, 2.45) is 5.92 Å². The smallest absolute Gasteiger partial charge is 0.303 e. The summed E-state index contributed by atoms with van der Waals surface area (Å²) in [6, 6.07) is 3.56. The minimum atomic E-state index is -0.823. The third-order valence-electron chi connectivity index (χ3n) is 3.16. The first-order valence-electron chi connectivity index (χ1n) is 6.14. The van der Waals surface area contributed by atoms with Gasteiger partial charge in [-0.2, -0.15) is 0 Å². The predicted molar refractivity (Wildman–Crippen MR) is 71.5 cm³/mol. The first-order chi connectivity index (χ1) is 9.63. The quantitative estimate of drug-likeness (QED) is 0.931. The van der Waals surface area contributed by atoms with Gasteiger partial charge in [0.25, 0.3) is 5.91 Å². The molecule has 1 amide bonds. The van der Waals surface area contributed by atoms with Gasteiger partial charge in [0.1, 0.15) is 5.69 Å². The number of amides is 1. The summed E-state index contributed by atoms with van der Waals surface area (Å²) < 4.78 is 5.23. The van der Waals surface area contributed by atoms with Crippen molar-refractivity contribution in [1.82, 2.24) is 9.88 Å². The first kappa shape index (κ1) is 12.9. The molecule has 0 atom stereocenters. The number of rotatable bonds is 4. The number of nitrogens with zero attached hydrogens (tertiary/aromatic N) is 2. The van der Waals surface area contributed by atoms with E-state index >= 15 is 0 Å². The highest BCUT2D eigenvalue weighted by atomic mass is 32.1. The summed E-state index contributed by atoms with van der Waals surface area (Å²) in [6.07, 6.45) is 1.67. The second-order valence-electron chi connectivity index (χ2n) is 4.69. The molecule has 1 saturated heterocycles. The Morgan fingerprint density at radius 3 is 2.95 bits per heavy atom. The van der Waals surface area contributed by atoms with Gasteiger partial charge in [0.2, 0.25) is 0 Å². The van der Waals surface area contributed by atoms with Gasteiger partial charge in [-0.3, -0.25) is 9.59 Å². The number of aromatic nitrogens is 1. The number of carboxylic acid groups (broad SMARTS) is 1. The average molecular weight is 292 g/mol. The van der Waals surface area contributed by atoms with Crippen molar-refractivity contribution in [3.05, 3.63) is 29.5 Å². The molecule has 0 unspecified atom stereocenters. The lowest BCUT2D eigenvalue weighted by atomic mass is 9.96. The van der Waals surface area contributed by atoms with Gasteiger partial charge >= 0.3 is 5.97 Å². The van der Waals surface area contributed by atoms with E-state index in [9.17, 15) is 9.59 Å². The number of hydrogen-bond donors (Lipinski definition) is 1. The minimum Gasteiger partial charge on any atom is -0.481 e. The second-order valence-corrected chi connectivity index (χ2v) is 5.55. The molecule has 1 aliphatic heterocycles. The van der Waals surface area contributed by atoms with Crippen LogP contribution in [0.15, 0.2) is 28.2 Å². The number of aliphatic carboxylic acids is 1. The van der Waals surface area contributed by atoms with E-state index in [2.05, 4.69) is 4.98 Å². The minimum absolute atomic E-state index is 0.0552. The highest BCUT2D eigenvalue weighted by Gasteiger charge is 2.33. The van der Waals surface area contributed by atoms with Gasteiger partial charge in [-0.15, -0.1) is 11.3 Å². The molecule has 0 spiro atoms. The Hall–Kier alpha value is -2.15. The molecule has 1 fully saturated rings. The van der Waals surface area contributed by atoms with Crippen molar-refractivity contribution in [2.75, 3.05) is 13.1 Å². The molecule has 104 valence electrons. The second kappa shape index (κ2) is 5.09. The van der Waals surface area contributed by atoms with Crippen LogP contribution in [0.1, 0.15) is 16.9 Å². The van der Waals surface area contributed by atoms with Gasteiger partial charge in [-0.05, 0) is 12.1 Å². The number of furan rings is 1. The number of carboxylic acids is 1. The van der Waals surface area contributed by atoms with Crippen molar-refractivity contribution >= 4 is 23.2 Å². The molecule has 20 heavy (non-hydrogen) atoms. The SMILES string of the molecule is O=C(O)CC1CN(C(=O)c2csc(-c3ccco3)n2)C1. The zero-order chi connectivity index (χ0) is 14.1. The normalized spacial score (nSPS) is 15.1. The fourth-order valence-corrected chi connectivity index (χ4v) is 2.92. The number of hydrogen-bond acceptors (Lipinski definition) is 5. The summed E-state index contributed by atoms with van der Waals surface area (Å²) >= 11 is 1.35. The van der Waals surface area contributed by atoms with Crippen LogP contribution in [0.5, 0.6) is 0 Å². The van der Waals surface area contributed by atoms with Gasteiger partial charge in [-0.25, -0.2) is 4.98 Å². The fourth-order valence-electron chi connectivity index (χ4n) is 2.16. The Bertz CT molecular complexity index is 629. The summed E-state index contributed by atoms with van der Waals surface area (Å²) in [5.41, 5.74) is 0.384. The molecule has 0 aromatic carbocycles. The van der Waals surface area contributed by atoms with E-state index in [0.717, 1.165) is 0 Å². The Morgan fingerprint density at radius 1 is 1.50 bits per heavy atom. The summed E-state index contributed by atoms with van der Waals surface area (Å²) in [5.74, 6) is -0.280. The van der Waals surface area contributed by atoms with E-state index in [4.69, 9.17) is 9.52 Å². The maximum atomic E-state index is 12.1. The molecule has 2 aromatic rings.